The largest absolute Gasteiger partial charge is 0.374 e. The number of hydrogen-bond donors (Lipinski definition) is 1. The van der Waals surface area contributed by atoms with Crippen LogP contribution in [0.15, 0.2) is 29.9 Å². The molecule has 0 radical (unpaired) electrons. The van der Waals surface area contributed by atoms with E-state index in [9.17, 15) is 0 Å². The van der Waals surface area contributed by atoms with Gasteiger partial charge in [0.25, 0.3) is 0 Å². The number of nitrogens with two attached hydrogens (primary N) is 1. The molecule has 2 aromatic rings. The monoisotopic (exact) mass is 235 g/mol. The van der Waals surface area contributed by atoms with E-state index >= 15 is 0 Å². The number of rotatable bonds is 5. The van der Waals surface area contributed by atoms with Crippen LogP contribution in [-0.2, 0) is 11.3 Å². The van der Waals surface area contributed by atoms with Crippen LogP contribution in [0.4, 0.5) is 0 Å². The van der Waals surface area contributed by atoms with E-state index in [0.29, 0.717) is 19.8 Å². The van der Waals surface area contributed by atoms with Crippen molar-refractivity contribution < 1.29 is 4.74 Å². The van der Waals surface area contributed by atoms with Gasteiger partial charge in [0.05, 0.1) is 18.9 Å². The lowest BCUT2D eigenvalue weighted by atomic mass is 10.3. The van der Waals surface area contributed by atoms with Gasteiger partial charge >= 0.3 is 0 Å². The van der Waals surface area contributed by atoms with Crippen molar-refractivity contribution in [3.8, 4) is 10.6 Å². The van der Waals surface area contributed by atoms with Crippen molar-refractivity contribution in [2.75, 3.05) is 13.2 Å². The van der Waals surface area contributed by atoms with Crippen LogP contribution in [-0.4, -0.2) is 23.1 Å². The zero-order chi connectivity index (χ0) is 11.2. The first kappa shape index (κ1) is 11.2. The van der Waals surface area contributed by atoms with Gasteiger partial charge in [0, 0.05) is 29.9 Å². The molecule has 84 valence electrons. The minimum absolute atomic E-state index is 0.522. The van der Waals surface area contributed by atoms with Crippen LogP contribution in [0.2, 0.25) is 0 Å². The molecular formula is C11H13N3OS. The summed E-state index contributed by atoms with van der Waals surface area (Å²) < 4.78 is 5.32. The maximum atomic E-state index is 5.34. The van der Waals surface area contributed by atoms with E-state index in [1.165, 1.54) is 0 Å². The quantitative estimate of drug-likeness (QED) is 0.801. The summed E-state index contributed by atoms with van der Waals surface area (Å²) >= 11 is 1.60. The Balaban J connectivity index is 2.02. The Hall–Kier alpha value is -1.30. The van der Waals surface area contributed by atoms with E-state index in [-0.39, 0.29) is 0 Å². The molecule has 0 aliphatic carbocycles. The zero-order valence-corrected chi connectivity index (χ0v) is 9.61. The molecule has 2 N–H and O–H groups in total. The van der Waals surface area contributed by atoms with Gasteiger partial charge in [-0.15, -0.1) is 11.3 Å². The van der Waals surface area contributed by atoms with E-state index in [4.69, 9.17) is 10.5 Å². The number of thiazole rings is 1. The summed E-state index contributed by atoms with van der Waals surface area (Å²) in [7, 11) is 0. The fraction of sp³-hybridized carbons (Fsp3) is 0.273. The fourth-order valence-corrected chi connectivity index (χ4v) is 2.05. The topological polar surface area (TPSA) is 61.0 Å². The van der Waals surface area contributed by atoms with Crippen LogP contribution in [0, 0.1) is 0 Å². The summed E-state index contributed by atoms with van der Waals surface area (Å²) in [6, 6.07) is 3.90. The Morgan fingerprint density at radius 2 is 2.38 bits per heavy atom. The molecule has 5 heteroatoms. The molecule has 2 aromatic heterocycles. The predicted molar refractivity (Wildman–Crippen MR) is 64.1 cm³/mol. The summed E-state index contributed by atoms with van der Waals surface area (Å²) in [6.45, 7) is 1.63. The first-order valence-corrected chi connectivity index (χ1v) is 5.90. The van der Waals surface area contributed by atoms with Crippen molar-refractivity contribution in [2.24, 2.45) is 5.73 Å². The van der Waals surface area contributed by atoms with Gasteiger partial charge in [0.15, 0.2) is 0 Å². The van der Waals surface area contributed by atoms with E-state index < -0.39 is 0 Å². The maximum Gasteiger partial charge on any atom is 0.125 e. The van der Waals surface area contributed by atoms with Crippen LogP contribution in [0.1, 0.15) is 5.69 Å². The van der Waals surface area contributed by atoms with Crippen molar-refractivity contribution in [3.63, 3.8) is 0 Å². The molecule has 0 bridgehead atoms. The number of nitrogens with zero attached hydrogens (tertiary/aromatic N) is 2. The van der Waals surface area contributed by atoms with Crippen molar-refractivity contribution in [2.45, 2.75) is 6.61 Å². The van der Waals surface area contributed by atoms with Gasteiger partial charge in [0.2, 0.25) is 0 Å². The normalized spacial score (nSPS) is 10.6. The minimum atomic E-state index is 0.522. The average Bonchev–Trinajstić information content (AvgIpc) is 2.79. The van der Waals surface area contributed by atoms with Crippen LogP contribution in [0.3, 0.4) is 0 Å². The molecule has 0 atom stereocenters. The number of ether oxygens (including phenoxy) is 1. The van der Waals surface area contributed by atoms with E-state index in [1.54, 1.807) is 17.5 Å². The highest BCUT2D eigenvalue weighted by molar-refractivity contribution is 7.13. The van der Waals surface area contributed by atoms with E-state index in [1.807, 2.05) is 23.7 Å². The Kier molecular flexibility index (Phi) is 3.98. The molecular weight excluding hydrogens is 222 g/mol. The van der Waals surface area contributed by atoms with Crippen molar-refractivity contribution in [1.82, 2.24) is 9.97 Å². The van der Waals surface area contributed by atoms with Gasteiger partial charge in [0.1, 0.15) is 5.01 Å². The second-order valence-electron chi connectivity index (χ2n) is 3.23. The molecule has 2 heterocycles. The minimum Gasteiger partial charge on any atom is -0.374 e. The Morgan fingerprint density at radius 3 is 3.12 bits per heavy atom. The molecule has 0 aliphatic heterocycles. The van der Waals surface area contributed by atoms with Crippen molar-refractivity contribution >= 4 is 11.3 Å². The smallest absolute Gasteiger partial charge is 0.125 e. The zero-order valence-electron chi connectivity index (χ0n) is 8.80. The van der Waals surface area contributed by atoms with E-state index in [2.05, 4.69) is 9.97 Å². The van der Waals surface area contributed by atoms with Crippen LogP contribution < -0.4 is 5.73 Å². The number of pyridine rings is 1. The van der Waals surface area contributed by atoms with Gasteiger partial charge in [-0.05, 0) is 12.1 Å². The molecule has 0 aliphatic rings. The summed E-state index contributed by atoms with van der Waals surface area (Å²) in [4.78, 5) is 8.53. The van der Waals surface area contributed by atoms with Crippen LogP contribution >= 0.6 is 11.3 Å². The lowest BCUT2D eigenvalue weighted by molar-refractivity contribution is 0.126. The Bertz CT molecular complexity index is 430. The molecule has 0 aromatic carbocycles. The molecule has 0 fully saturated rings. The fourth-order valence-electron chi connectivity index (χ4n) is 1.26. The van der Waals surface area contributed by atoms with E-state index in [0.717, 1.165) is 16.3 Å². The van der Waals surface area contributed by atoms with Crippen molar-refractivity contribution in [1.29, 1.82) is 0 Å². The standard InChI is InChI=1S/C11H13N3OS/c12-3-5-15-7-10-8-16-11(14-10)9-2-1-4-13-6-9/h1-2,4,6,8H,3,5,7,12H2. The van der Waals surface area contributed by atoms with Gasteiger partial charge in [-0.25, -0.2) is 4.98 Å². The number of aromatic nitrogens is 2. The molecule has 0 saturated carbocycles. The number of hydrogen-bond acceptors (Lipinski definition) is 5. The predicted octanol–water partition coefficient (Wildman–Crippen LogP) is 1.68. The highest BCUT2D eigenvalue weighted by Gasteiger charge is 2.04. The third-order valence-corrected chi connectivity index (χ3v) is 2.91. The van der Waals surface area contributed by atoms with Gasteiger partial charge in [-0.3, -0.25) is 4.98 Å². The second-order valence-corrected chi connectivity index (χ2v) is 4.09. The van der Waals surface area contributed by atoms with Crippen molar-refractivity contribution in [3.05, 3.63) is 35.6 Å². The third kappa shape index (κ3) is 2.85. The molecule has 16 heavy (non-hydrogen) atoms. The molecule has 2 rings (SSSR count). The second kappa shape index (κ2) is 5.69. The lowest BCUT2D eigenvalue weighted by Gasteiger charge is -1.98. The summed E-state index contributed by atoms with van der Waals surface area (Å²) in [5.41, 5.74) is 7.32. The average molecular weight is 235 g/mol. The third-order valence-electron chi connectivity index (χ3n) is 1.97. The van der Waals surface area contributed by atoms with Crippen LogP contribution in [0.25, 0.3) is 10.6 Å². The first-order chi connectivity index (χ1) is 7.90. The summed E-state index contributed by atoms with van der Waals surface area (Å²) in [5.74, 6) is 0. The molecule has 0 spiro atoms. The van der Waals surface area contributed by atoms with Gasteiger partial charge in [-0.2, -0.15) is 0 Å². The summed E-state index contributed by atoms with van der Waals surface area (Å²) in [6.07, 6.45) is 3.56. The highest BCUT2D eigenvalue weighted by atomic mass is 32.1. The van der Waals surface area contributed by atoms with Crippen LogP contribution in [0.5, 0.6) is 0 Å². The molecule has 0 saturated heterocycles. The Morgan fingerprint density at radius 1 is 1.44 bits per heavy atom. The highest BCUT2D eigenvalue weighted by Crippen LogP contribution is 2.22. The van der Waals surface area contributed by atoms with Gasteiger partial charge in [-0.1, -0.05) is 0 Å². The molecule has 4 nitrogen and oxygen atoms in total. The molecule has 0 unspecified atom stereocenters. The SMILES string of the molecule is NCCOCc1csc(-c2cccnc2)n1. The Labute approximate surface area is 98.1 Å². The summed E-state index contributed by atoms with van der Waals surface area (Å²) in [5, 5.41) is 2.97. The molecule has 0 amide bonds. The lowest BCUT2D eigenvalue weighted by Crippen LogP contribution is -2.08. The van der Waals surface area contributed by atoms with Gasteiger partial charge < -0.3 is 10.5 Å². The first-order valence-electron chi connectivity index (χ1n) is 5.03. The maximum absolute atomic E-state index is 5.34.